The molecule has 2 heterocycles. The Morgan fingerprint density at radius 1 is 1.39 bits per heavy atom. The Labute approximate surface area is 105 Å². The Morgan fingerprint density at radius 2 is 2.17 bits per heavy atom. The van der Waals surface area contributed by atoms with E-state index in [9.17, 15) is 4.79 Å². The number of nitrogens with zero attached hydrogens (tertiary/aromatic N) is 4. The van der Waals surface area contributed by atoms with Gasteiger partial charge >= 0.3 is 0 Å². The van der Waals surface area contributed by atoms with E-state index in [1.807, 2.05) is 13.2 Å². The summed E-state index contributed by atoms with van der Waals surface area (Å²) in [5, 5.41) is 10.8. The van der Waals surface area contributed by atoms with Crippen molar-refractivity contribution in [2.75, 3.05) is 12.3 Å². The lowest BCUT2D eigenvalue weighted by Gasteiger charge is -2.05. The fraction of sp³-hybridized carbons (Fsp3) is 0.364. The maximum Gasteiger partial charge on any atom is 0.271 e. The molecular weight excluding hydrogens is 232 g/mol. The molecule has 2 aromatic rings. The number of amides is 1. The molecule has 2 aromatic heterocycles. The van der Waals surface area contributed by atoms with Gasteiger partial charge in [0.25, 0.3) is 5.91 Å². The Balaban J connectivity index is 1.89. The van der Waals surface area contributed by atoms with Gasteiger partial charge in [-0.15, -0.1) is 0 Å². The molecule has 7 heteroatoms. The van der Waals surface area contributed by atoms with E-state index in [1.165, 1.54) is 10.9 Å². The van der Waals surface area contributed by atoms with Crippen LogP contribution in [-0.4, -0.2) is 32.0 Å². The van der Waals surface area contributed by atoms with Gasteiger partial charge in [-0.1, -0.05) is 0 Å². The van der Waals surface area contributed by atoms with Crippen LogP contribution < -0.4 is 11.1 Å². The van der Waals surface area contributed by atoms with Gasteiger partial charge in [0, 0.05) is 26.8 Å². The maximum absolute atomic E-state index is 11.9. The summed E-state index contributed by atoms with van der Waals surface area (Å²) in [6.45, 7) is 0.537. The number of hydrogen-bond donors (Lipinski definition) is 2. The second kappa shape index (κ2) is 4.91. The summed E-state index contributed by atoms with van der Waals surface area (Å²) in [5.74, 6) is -0.212. The standard InChI is InChI=1S/C11H16N6O/c1-16-7-8(5-14-16)3-4-13-11(18)10-9(12)6-15-17(10)2/h5-7H,3-4,12H2,1-2H3,(H,13,18). The highest BCUT2D eigenvalue weighted by molar-refractivity contribution is 5.97. The van der Waals surface area contributed by atoms with Crippen LogP contribution in [0.5, 0.6) is 0 Å². The fourth-order valence-corrected chi connectivity index (χ4v) is 1.74. The molecule has 0 aliphatic rings. The van der Waals surface area contributed by atoms with E-state index in [0.29, 0.717) is 17.9 Å². The van der Waals surface area contributed by atoms with Crippen molar-refractivity contribution in [1.29, 1.82) is 0 Å². The molecule has 0 saturated carbocycles. The summed E-state index contributed by atoms with van der Waals surface area (Å²) in [7, 11) is 3.55. The SMILES string of the molecule is Cn1cc(CCNC(=O)c2c(N)cnn2C)cn1. The number of carbonyl (C=O) groups excluding carboxylic acids is 1. The minimum atomic E-state index is -0.212. The van der Waals surface area contributed by atoms with Crippen molar-refractivity contribution in [1.82, 2.24) is 24.9 Å². The van der Waals surface area contributed by atoms with Gasteiger partial charge in [0.15, 0.2) is 0 Å². The highest BCUT2D eigenvalue weighted by Crippen LogP contribution is 2.08. The summed E-state index contributed by atoms with van der Waals surface area (Å²) in [4.78, 5) is 11.9. The summed E-state index contributed by atoms with van der Waals surface area (Å²) >= 11 is 0. The average molecular weight is 248 g/mol. The topological polar surface area (TPSA) is 90.8 Å². The molecule has 7 nitrogen and oxygen atoms in total. The molecule has 0 saturated heterocycles. The molecule has 0 spiro atoms. The first kappa shape index (κ1) is 12.2. The zero-order valence-electron chi connectivity index (χ0n) is 10.4. The second-order valence-electron chi connectivity index (χ2n) is 4.10. The zero-order valence-corrected chi connectivity index (χ0v) is 10.4. The van der Waals surface area contributed by atoms with Gasteiger partial charge in [-0.05, 0) is 12.0 Å². The highest BCUT2D eigenvalue weighted by Gasteiger charge is 2.14. The number of hydrogen-bond acceptors (Lipinski definition) is 4. The third-order valence-corrected chi connectivity index (χ3v) is 2.64. The van der Waals surface area contributed by atoms with E-state index in [2.05, 4.69) is 15.5 Å². The summed E-state index contributed by atoms with van der Waals surface area (Å²) in [5.41, 5.74) is 7.53. The Kier molecular flexibility index (Phi) is 3.31. The molecule has 18 heavy (non-hydrogen) atoms. The second-order valence-corrected chi connectivity index (χ2v) is 4.10. The molecule has 1 amide bonds. The van der Waals surface area contributed by atoms with Crippen LogP contribution in [0.1, 0.15) is 16.1 Å². The summed E-state index contributed by atoms with van der Waals surface area (Å²) < 4.78 is 3.20. The number of aromatic nitrogens is 4. The van der Waals surface area contributed by atoms with Crippen LogP contribution in [0, 0.1) is 0 Å². The third kappa shape index (κ3) is 2.50. The molecule has 0 aromatic carbocycles. The van der Waals surface area contributed by atoms with Crippen molar-refractivity contribution in [2.45, 2.75) is 6.42 Å². The third-order valence-electron chi connectivity index (χ3n) is 2.64. The maximum atomic E-state index is 11.9. The minimum absolute atomic E-state index is 0.212. The van der Waals surface area contributed by atoms with Crippen molar-refractivity contribution in [3.8, 4) is 0 Å². The van der Waals surface area contributed by atoms with Crippen LogP contribution in [-0.2, 0) is 20.5 Å². The molecule has 0 unspecified atom stereocenters. The fourth-order valence-electron chi connectivity index (χ4n) is 1.74. The van der Waals surface area contributed by atoms with E-state index >= 15 is 0 Å². The van der Waals surface area contributed by atoms with Crippen molar-refractivity contribution < 1.29 is 4.79 Å². The van der Waals surface area contributed by atoms with Crippen LogP contribution in [0.3, 0.4) is 0 Å². The number of anilines is 1. The van der Waals surface area contributed by atoms with Crippen molar-refractivity contribution in [2.24, 2.45) is 14.1 Å². The van der Waals surface area contributed by atoms with Crippen molar-refractivity contribution in [3.63, 3.8) is 0 Å². The summed E-state index contributed by atoms with van der Waals surface area (Å²) in [6.07, 6.45) is 5.91. The van der Waals surface area contributed by atoms with E-state index in [-0.39, 0.29) is 5.91 Å². The molecule has 0 aliphatic heterocycles. The Hall–Kier alpha value is -2.31. The highest BCUT2D eigenvalue weighted by atomic mass is 16.2. The van der Waals surface area contributed by atoms with Crippen LogP contribution in [0.15, 0.2) is 18.6 Å². The molecule has 0 bridgehead atoms. The van der Waals surface area contributed by atoms with Gasteiger partial charge < -0.3 is 11.1 Å². The number of nitrogens with one attached hydrogen (secondary N) is 1. The van der Waals surface area contributed by atoms with Crippen LogP contribution in [0.2, 0.25) is 0 Å². The van der Waals surface area contributed by atoms with Gasteiger partial charge in [-0.3, -0.25) is 14.2 Å². The van der Waals surface area contributed by atoms with E-state index < -0.39 is 0 Å². The molecule has 2 rings (SSSR count). The lowest BCUT2D eigenvalue weighted by Crippen LogP contribution is -2.28. The average Bonchev–Trinajstić information content (AvgIpc) is 2.86. The first-order valence-electron chi connectivity index (χ1n) is 5.61. The van der Waals surface area contributed by atoms with E-state index in [0.717, 1.165) is 12.0 Å². The number of carbonyl (C=O) groups is 1. The first-order chi connectivity index (χ1) is 8.58. The number of nitrogens with two attached hydrogens (primary N) is 1. The normalized spacial score (nSPS) is 10.6. The van der Waals surface area contributed by atoms with Crippen LogP contribution >= 0.6 is 0 Å². The predicted molar refractivity (Wildman–Crippen MR) is 66.9 cm³/mol. The van der Waals surface area contributed by atoms with Gasteiger partial charge in [0.1, 0.15) is 5.69 Å². The van der Waals surface area contributed by atoms with E-state index in [4.69, 9.17) is 5.73 Å². The number of rotatable bonds is 4. The smallest absolute Gasteiger partial charge is 0.271 e. The van der Waals surface area contributed by atoms with Gasteiger partial charge in [0.2, 0.25) is 0 Å². The predicted octanol–water partition coefficient (Wildman–Crippen LogP) is -0.292. The molecule has 96 valence electrons. The minimum Gasteiger partial charge on any atom is -0.396 e. The molecule has 0 aliphatic carbocycles. The number of nitrogen functional groups attached to an aromatic ring is 1. The van der Waals surface area contributed by atoms with Crippen LogP contribution in [0.4, 0.5) is 5.69 Å². The molecule has 3 N–H and O–H groups in total. The summed E-state index contributed by atoms with van der Waals surface area (Å²) in [6, 6.07) is 0. The molecular formula is C11H16N6O. The van der Waals surface area contributed by atoms with Crippen molar-refractivity contribution in [3.05, 3.63) is 29.8 Å². The monoisotopic (exact) mass is 248 g/mol. The molecule has 0 atom stereocenters. The quantitative estimate of drug-likeness (QED) is 0.777. The van der Waals surface area contributed by atoms with Gasteiger partial charge in [-0.25, -0.2) is 0 Å². The largest absolute Gasteiger partial charge is 0.396 e. The first-order valence-corrected chi connectivity index (χ1v) is 5.61. The zero-order chi connectivity index (χ0) is 13.1. The lowest BCUT2D eigenvalue weighted by molar-refractivity contribution is 0.0945. The van der Waals surface area contributed by atoms with Crippen molar-refractivity contribution >= 4 is 11.6 Å². The lowest BCUT2D eigenvalue weighted by atomic mass is 10.2. The van der Waals surface area contributed by atoms with Gasteiger partial charge in [0.05, 0.1) is 18.1 Å². The molecule has 0 fully saturated rings. The Bertz CT molecular complexity index is 536. The molecule has 0 radical (unpaired) electrons. The van der Waals surface area contributed by atoms with Gasteiger partial charge in [-0.2, -0.15) is 10.2 Å². The Morgan fingerprint density at radius 3 is 2.72 bits per heavy atom. The number of aryl methyl sites for hydroxylation is 2. The van der Waals surface area contributed by atoms with E-state index in [1.54, 1.807) is 17.9 Å². The van der Waals surface area contributed by atoms with Crippen LogP contribution in [0.25, 0.3) is 0 Å².